The summed E-state index contributed by atoms with van der Waals surface area (Å²) in [5.74, 6) is -0.510. The number of aryl methyl sites for hydroxylation is 1. The number of hydrogen-bond acceptors (Lipinski definition) is 3. The molecule has 0 unspecified atom stereocenters. The molecular formula is C7H9ClN2O2. The number of aromatic nitrogens is 2. The van der Waals surface area contributed by atoms with E-state index in [-0.39, 0.29) is 5.69 Å². The molecule has 0 radical (unpaired) electrons. The highest BCUT2D eigenvalue weighted by Crippen LogP contribution is 2.19. The highest BCUT2D eigenvalue weighted by atomic mass is 35.5. The molecular weight excluding hydrogens is 180 g/mol. The summed E-state index contributed by atoms with van der Waals surface area (Å²) in [6.07, 6.45) is 0. The molecule has 0 saturated heterocycles. The molecule has 0 amide bonds. The number of ether oxygens (including phenoxy) is 1. The van der Waals surface area contributed by atoms with Crippen molar-refractivity contribution in [1.82, 2.24) is 9.78 Å². The fourth-order valence-electron chi connectivity index (χ4n) is 0.809. The Kier molecular flexibility index (Phi) is 2.38. The number of nitrogens with zero attached hydrogens (tertiary/aromatic N) is 2. The van der Waals surface area contributed by atoms with Crippen LogP contribution in [-0.4, -0.2) is 22.9 Å². The number of esters is 1. The van der Waals surface area contributed by atoms with Crippen molar-refractivity contribution in [3.8, 4) is 0 Å². The van der Waals surface area contributed by atoms with Gasteiger partial charge in [0.2, 0.25) is 0 Å². The van der Waals surface area contributed by atoms with E-state index >= 15 is 0 Å². The van der Waals surface area contributed by atoms with Crippen LogP contribution in [0.5, 0.6) is 0 Å². The Bertz CT molecular complexity index is 319. The normalized spacial score (nSPS) is 10.0. The van der Waals surface area contributed by atoms with E-state index in [9.17, 15) is 4.79 Å². The Balaban J connectivity index is 3.17. The number of methoxy groups -OCH3 is 1. The van der Waals surface area contributed by atoms with E-state index in [2.05, 4.69) is 9.84 Å². The van der Waals surface area contributed by atoms with Crippen molar-refractivity contribution < 1.29 is 9.53 Å². The van der Waals surface area contributed by atoms with Crippen molar-refractivity contribution in [2.24, 2.45) is 7.05 Å². The molecule has 1 aromatic heterocycles. The molecule has 1 rings (SSSR count). The highest BCUT2D eigenvalue weighted by Gasteiger charge is 2.17. The van der Waals surface area contributed by atoms with Crippen LogP contribution in [-0.2, 0) is 11.8 Å². The van der Waals surface area contributed by atoms with Crippen LogP contribution in [0.1, 0.15) is 16.2 Å². The molecule has 0 bridgehead atoms. The van der Waals surface area contributed by atoms with Gasteiger partial charge in [-0.15, -0.1) is 0 Å². The van der Waals surface area contributed by atoms with E-state index in [4.69, 9.17) is 11.6 Å². The lowest BCUT2D eigenvalue weighted by atomic mass is 10.4. The predicted molar refractivity (Wildman–Crippen MR) is 44.3 cm³/mol. The van der Waals surface area contributed by atoms with Gasteiger partial charge < -0.3 is 4.74 Å². The van der Waals surface area contributed by atoms with Crippen LogP contribution >= 0.6 is 11.6 Å². The maximum Gasteiger partial charge on any atom is 0.360 e. The molecule has 0 fully saturated rings. The summed E-state index contributed by atoms with van der Waals surface area (Å²) in [5.41, 5.74) is 0.913. The minimum atomic E-state index is -0.510. The van der Waals surface area contributed by atoms with Crippen LogP contribution in [0.3, 0.4) is 0 Å². The Morgan fingerprint density at radius 1 is 1.67 bits per heavy atom. The van der Waals surface area contributed by atoms with Crippen LogP contribution in [0, 0.1) is 6.92 Å². The van der Waals surface area contributed by atoms with E-state index < -0.39 is 5.97 Å². The number of halogens is 1. The second kappa shape index (κ2) is 3.15. The van der Waals surface area contributed by atoms with Gasteiger partial charge in [0.1, 0.15) is 0 Å². The standard InChI is InChI=1S/C7H9ClN2O2/c1-4-5(8)6(7(11)12-3)9-10(4)2/h1-3H3. The summed E-state index contributed by atoms with van der Waals surface area (Å²) in [7, 11) is 3.01. The van der Waals surface area contributed by atoms with E-state index in [0.717, 1.165) is 5.69 Å². The Hall–Kier alpha value is -1.03. The minimum absolute atomic E-state index is 0.166. The van der Waals surface area contributed by atoms with Gasteiger partial charge in [0, 0.05) is 7.05 Å². The lowest BCUT2D eigenvalue weighted by molar-refractivity contribution is 0.0593. The first-order valence-electron chi connectivity index (χ1n) is 3.35. The van der Waals surface area contributed by atoms with Crippen LogP contribution in [0.4, 0.5) is 0 Å². The molecule has 1 heterocycles. The Labute approximate surface area is 75.1 Å². The maximum absolute atomic E-state index is 11.0. The molecule has 0 aliphatic heterocycles. The van der Waals surface area contributed by atoms with Crippen molar-refractivity contribution in [3.05, 3.63) is 16.4 Å². The van der Waals surface area contributed by atoms with Gasteiger partial charge >= 0.3 is 5.97 Å². The van der Waals surface area contributed by atoms with Crippen LogP contribution in [0.2, 0.25) is 5.02 Å². The largest absolute Gasteiger partial charge is 0.464 e. The minimum Gasteiger partial charge on any atom is -0.464 e. The van der Waals surface area contributed by atoms with Gasteiger partial charge in [0.25, 0.3) is 0 Å². The Morgan fingerprint density at radius 3 is 2.58 bits per heavy atom. The molecule has 0 aliphatic rings. The van der Waals surface area contributed by atoms with Gasteiger partial charge in [-0.1, -0.05) is 11.6 Å². The molecule has 5 heteroatoms. The molecule has 0 atom stereocenters. The molecule has 0 aliphatic carbocycles. The zero-order chi connectivity index (χ0) is 9.30. The topological polar surface area (TPSA) is 44.1 Å². The van der Waals surface area contributed by atoms with E-state index in [1.807, 2.05) is 0 Å². The van der Waals surface area contributed by atoms with E-state index in [1.165, 1.54) is 11.8 Å². The summed E-state index contributed by atoms with van der Waals surface area (Å²) in [4.78, 5) is 11.0. The van der Waals surface area contributed by atoms with Crippen LogP contribution in [0.25, 0.3) is 0 Å². The highest BCUT2D eigenvalue weighted by molar-refractivity contribution is 6.33. The average molecular weight is 189 g/mol. The lowest BCUT2D eigenvalue weighted by Gasteiger charge is -1.92. The molecule has 4 nitrogen and oxygen atoms in total. The number of hydrogen-bond donors (Lipinski definition) is 0. The third-order valence-corrected chi connectivity index (χ3v) is 2.09. The quantitative estimate of drug-likeness (QED) is 0.622. The second-order valence-corrected chi connectivity index (χ2v) is 2.74. The fourth-order valence-corrected chi connectivity index (χ4v) is 1.05. The van der Waals surface area contributed by atoms with Crippen molar-refractivity contribution in [3.63, 3.8) is 0 Å². The smallest absolute Gasteiger partial charge is 0.360 e. The first-order chi connectivity index (χ1) is 5.57. The SMILES string of the molecule is COC(=O)c1nn(C)c(C)c1Cl. The van der Waals surface area contributed by atoms with Crippen LogP contribution in [0.15, 0.2) is 0 Å². The number of rotatable bonds is 1. The molecule has 0 spiro atoms. The zero-order valence-electron chi connectivity index (χ0n) is 7.09. The zero-order valence-corrected chi connectivity index (χ0v) is 7.84. The molecule has 12 heavy (non-hydrogen) atoms. The van der Waals surface area contributed by atoms with Gasteiger partial charge in [0.15, 0.2) is 5.69 Å². The first kappa shape index (κ1) is 9.06. The Morgan fingerprint density at radius 2 is 2.25 bits per heavy atom. The first-order valence-corrected chi connectivity index (χ1v) is 3.73. The summed E-state index contributed by atoms with van der Waals surface area (Å²) in [5, 5.41) is 4.24. The summed E-state index contributed by atoms with van der Waals surface area (Å²) in [6, 6.07) is 0. The van der Waals surface area contributed by atoms with Gasteiger partial charge in [0.05, 0.1) is 17.8 Å². The lowest BCUT2D eigenvalue weighted by Crippen LogP contribution is -2.03. The number of carbonyl (C=O) groups is 1. The molecule has 0 saturated carbocycles. The van der Waals surface area contributed by atoms with Gasteiger partial charge in [-0.3, -0.25) is 4.68 Å². The molecule has 0 aromatic carbocycles. The maximum atomic E-state index is 11.0. The number of carbonyl (C=O) groups excluding carboxylic acids is 1. The summed E-state index contributed by atoms with van der Waals surface area (Å²) in [6.45, 7) is 1.78. The average Bonchev–Trinajstić information content (AvgIpc) is 2.32. The third kappa shape index (κ3) is 1.30. The van der Waals surface area contributed by atoms with Crippen molar-refractivity contribution >= 4 is 17.6 Å². The van der Waals surface area contributed by atoms with E-state index in [0.29, 0.717) is 5.02 Å². The third-order valence-electron chi connectivity index (χ3n) is 1.64. The van der Waals surface area contributed by atoms with Crippen LogP contribution < -0.4 is 0 Å². The summed E-state index contributed by atoms with van der Waals surface area (Å²) >= 11 is 5.80. The monoisotopic (exact) mass is 188 g/mol. The van der Waals surface area contributed by atoms with Crippen molar-refractivity contribution in [2.45, 2.75) is 6.92 Å². The van der Waals surface area contributed by atoms with Gasteiger partial charge in [-0.2, -0.15) is 5.10 Å². The van der Waals surface area contributed by atoms with Gasteiger partial charge in [-0.05, 0) is 6.92 Å². The van der Waals surface area contributed by atoms with E-state index in [1.54, 1.807) is 14.0 Å². The molecule has 1 aromatic rings. The molecule has 66 valence electrons. The predicted octanol–water partition coefficient (Wildman–Crippen LogP) is 1.17. The van der Waals surface area contributed by atoms with Gasteiger partial charge in [-0.25, -0.2) is 4.79 Å². The summed E-state index contributed by atoms with van der Waals surface area (Å²) < 4.78 is 6.02. The second-order valence-electron chi connectivity index (χ2n) is 2.36. The fraction of sp³-hybridized carbons (Fsp3) is 0.429. The van der Waals surface area contributed by atoms with Crippen molar-refractivity contribution in [1.29, 1.82) is 0 Å². The molecule has 0 N–H and O–H groups in total. The van der Waals surface area contributed by atoms with Crippen molar-refractivity contribution in [2.75, 3.05) is 7.11 Å².